The fraction of sp³-hybridized carbons (Fsp3) is 0.350. The summed E-state index contributed by atoms with van der Waals surface area (Å²) < 4.78 is 0. The van der Waals surface area contributed by atoms with E-state index in [0.717, 1.165) is 38.9 Å². The van der Waals surface area contributed by atoms with Crippen molar-refractivity contribution in [3.05, 3.63) is 52.7 Å². The van der Waals surface area contributed by atoms with Gasteiger partial charge in [-0.15, -0.1) is 11.8 Å². The van der Waals surface area contributed by atoms with E-state index in [1.165, 1.54) is 0 Å². The van der Waals surface area contributed by atoms with Gasteiger partial charge in [0.1, 0.15) is 5.03 Å². The SMILES string of the molecule is Cc1cccc(CNC(=O)CNC(=O)N2CCSc3nc(C)cc(C)c32)c1. The Balaban J connectivity index is 1.56. The molecule has 0 atom stereocenters. The number of thioether (sulfide) groups is 1. The molecule has 2 aromatic rings. The molecule has 0 unspecified atom stereocenters. The van der Waals surface area contributed by atoms with Gasteiger partial charge in [0.2, 0.25) is 5.91 Å². The van der Waals surface area contributed by atoms with E-state index in [2.05, 4.69) is 15.6 Å². The molecule has 142 valence electrons. The summed E-state index contributed by atoms with van der Waals surface area (Å²) >= 11 is 1.66. The molecule has 2 heterocycles. The topological polar surface area (TPSA) is 74.3 Å². The third kappa shape index (κ3) is 4.80. The number of hydrogen-bond donors (Lipinski definition) is 2. The zero-order valence-corrected chi connectivity index (χ0v) is 16.7. The van der Waals surface area contributed by atoms with Crippen LogP contribution >= 0.6 is 11.8 Å². The highest BCUT2D eigenvalue weighted by molar-refractivity contribution is 7.99. The highest BCUT2D eigenvalue weighted by atomic mass is 32.2. The summed E-state index contributed by atoms with van der Waals surface area (Å²) in [5, 5.41) is 6.43. The molecule has 0 aliphatic carbocycles. The van der Waals surface area contributed by atoms with Crippen LogP contribution in [0.4, 0.5) is 10.5 Å². The number of hydrogen-bond acceptors (Lipinski definition) is 4. The second-order valence-electron chi connectivity index (χ2n) is 6.66. The number of aryl methyl sites for hydroxylation is 3. The lowest BCUT2D eigenvalue weighted by molar-refractivity contribution is -0.120. The fourth-order valence-electron chi connectivity index (χ4n) is 3.11. The van der Waals surface area contributed by atoms with Crippen LogP contribution in [0.5, 0.6) is 0 Å². The first-order chi connectivity index (χ1) is 12.9. The molecule has 0 radical (unpaired) electrons. The monoisotopic (exact) mass is 384 g/mol. The second-order valence-corrected chi connectivity index (χ2v) is 7.74. The summed E-state index contributed by atoms with van der Waals surface area (Å²) in [6, 6.07) is 9.67. The number of benzene rings is 1. The van der Waals surface area contributed by atoms with Gasteiger partial charge in [0.05, 0.1) is 12.2 Å². The Morgan fingerprint density at radius 2 is 2.00 bits per heavy atom. The summed E-state index contributed by atoms with van der Waals surface area (Å²) in [7, 11) is 0. The smallest absolute Gasteiger partial charge is 0.322 e. The molecule has 3 amide bonds. The molecule has 27 heavy (non-hydrogen) atoms. The quantitative estimate of drug-likeness (QED) is 0.850. The number of rotatable bonds is 4. The van der Waals surface area contributed by atoms with Crippen molar-refractivity contribution in [3.63, 3.8) is 0 Å². The number of fused-ring (bicyclic) bond motifs is 1. The number of aromatic nitrogens is 1. The van der Waals surface area contributed by atoms with Crippen molar-refractivity contribution in [2.75, 3.05) is 23.7 Å². The molecule has 0 bridgehead atoms. The maximum atomic E-state index is 12.6. The second kappa shape index (κ2) is 8.43. The maximum Gasteiger partial charge on any atom is 0.322 e. The van der Waals surface area contributed by atoms with Crippen molar-refractivity contribution in [1.82, 2.24) is 15.6 Å². The van der Waals surface area contributed by atoms with Crippen LogP contribution < -0.4 is 15.5 Å². The van der Waals surface area contributed by atoms with Crippen molar-refractivity contribution in [1.29, 1.82) is 0 Å². The molecule has 6 nitrogen and oxygen atoms in total. The lowest BCUT2D eigenvalue weighted by Gasteiger charge is -2.30. The molecule has 1 aromatic carbocycles. The molecular formula is C20H24N4O2S. The van der Waals surface area contributed by atoms with Crippen LogP contribution in [0.1, 0.15) is 22.4 Å². The van der Waals surface area contributed by atoms with Crippen LogP contribution in [-0.4, -0.2) is 35.8 Å². The van der Waals surface area contributed by atoms with E-state index in [1.54, 1.807) is 16.7 Å². The van der Waals surface area contributed by atoms with E-state index in [4.69, 9.17) is 0 Å². The van der Waals surface area contributed by atoms with E-state index in [9.17, 15) is 9.59 Å². The predicted molar refractivity (Wildman–Crippen MR) is 108 cm³/mol. The summed E-state index contributed by atoms with van der Waals surface area (Å²) in [5.74, 6) is 0.575. The number of carbonyl (C=O) groups excluding carboxylic acids is 2. The zero-order valence-electron chi connectivity index (χ0n) is 15.8. The first-order valence-electron chi connectivity index (χ1n) is 8.92. The third-order valence-corrected chi connectivity index (χ3v) is 5.27. The van der Waals surface area contributed by atoms with E-state index < -0.39 is 0 Å². The maximum absolute atomic E-state index is 12.6. The number of anilines is 1. The molecular weight excluding hydrogens is 360 g/mol. The fourth-order valence-corrected chi connectivity index (χ4v) is 4.19. The molecule has 1 aliphatic rings. The number of pyridine rings is 1. The minimum atomic E-state index is -0.268. The number of nitrogens with one attached hydrogen (secondary N) is 2. The molecule has 3 rings (SSSR count). The van der Waals surface area contributed by atoms with E-state index >= 15 is 0 Å². The van der Waals surface area contributed by atoms with Gasteiger partial charge in [0.15, 0.2) is 0 Å². The third-order valence-electron chi connectivity index (χ3n) is 4.32. The zero-order chi connectivity index (χ0) is 19.4. The van der Waals surface area contributed by atoms with E-state index in [-0.39, 0.29) is 18.5 Å². The molecule has 1 aromatic heterocycles. The molecule has 0 spiro atoms. The standard InChI is InChI=1S/C20H24N4O2S/c1-13-5-4-6-16(9-13)11-21-17(25)12-22-20(26)24-7-8-27-19-18(24)14(2)10-15(3)23-19/h4-6,9-10H,7-8,11-12H2,1-3H3,(H,21,25)(H,22,26). The van der Waals surface area contributed by atoms with Crippen molar-refractivity contribution in [2.45, 2.75) is 32.3 Å². The lowest BCUT2D eigenvalue weighted by atomic mass is 10.1. The minimum Gasteiger partial charge on any atom is -0.350 e. The molecule has 7 heteroatoms. The Kier molecular flexibility index (Phi) is 6.01. The molecule has 2 N–H and O–H groups in total. The minimum absolute atomic E-state index is 0.0536. The van der Waals surface area contributed by atoms with E-state index in [0.29, 0.717) is 13.1 Å². The Bertz CT molecular complexity index is 869. The van der Waals surface area contributed by atoms with Gasteiger partial charge in [-0.25, -0.2) is 9.78 Å². The van der Waals surface area contributed by atoms with Crippen LogP contribution in [-0.2, 0) is 11.3 Å². The van der Waals surface area contributed by atoms with Gasteiger partial charge in [-0.1, -0.05) is 29.8 Å². The Labute approximate surface area is 163 Å². The van der Waals surface area contributed by atoms with Crippen molar-refractivity contribution in [3.8, 4) is 0 Å². The largest absolute Gasteiger partial charge is 0.350 e. The first-order valence-corrected chi connectivity index (χ1v) is 9.91. The van der Waals surface area contributed by atoms with Crippen molar-refractivity contribution < 1.29 is 9.59 Å². The van der Waals surface area contributed by atoms with Crippen LogP contribution in [0.25, 0.3) is 0 Å². The van der Waals surface area contributed by atoms with E-state index in [1.807, 2.05) is 51.1 Å². The average molecular weight is 385 g/mol. The van der Waals surface area contributed by atoms with Gasteiger partial charge in [0, 0.05) is 24.5 Å². The van der Waals surface area contributed by atoms with Gasteiger partial charge in [-0.3, -0.25) is 9.69 Å². The van der Waals surface area contributed by atoms with Gasteiger partial charge in [-0.2, -0.15) is 0 Å². The Hall–Kier alpha value is -2.54. The van der Waals surface area contributed by atoms with Crippen LogP contribution in [0, 0.1) is 20.8 Å². The molecule has 1 aliphatic heterocycles. The van der Waals surface area contributed by atoms with Gasteiger partial charge < -0.3 is 10.6 Å². The van der Waals surface area contributed by atoms with Crippen molar-refractivity contribution >= 4 is 29.4 Å². The number of nitrogens with zero attached hydrogens (tertiary/aromatic N) is 2. The number of amides is 3. The lowest BCUT2D eigenvalue weighted by Crippen LogP contribution is -2.46. The summed E-state index contributed by atoms with van der Waals surface area (Å²) in [4.78, 5) is 30.9. The summed E-state index contributed by atoms with van der Waals surface area (Å²) in [6.07, 6.45) is 0. The molecule has 0 fully saturated rings. The molecule has 0 saturated heterocycles. The average Bonchev–Trinajstić information content (AvgIpc) is 2.63. The summed E-state index contributed by atoms with van der Waals surface area (Å²) in [5.41, 5.74) is 4.99. The van der Waals surface area contributed by atoms with Crippen LogP contribution in [0.15, 0.2) is 35.4 Å². The highest BCUT2D eigenvalue weighted by Gasteiger charge is 2.26. The van der Waals surface area contributed by atoms with Crippen LogP contribution in [0.3, 0.4) is 0 Å². The number of carbonyl (C=O) groups is 2. The van der Waals surface area contributed by atoms with Gasteiger partial charge in [0.25, 0.3) is 0 Å². The first kappa shape index (κ1) is 19.2. The Morgan fingerprint density at radius 3 is 2.78 bits per heavy atom. The Morgan fingerprint density at radius 1 is 1.19 bits per heavy atom. The normalized spacial score (nSPS) is 13.1. The predicted octanol–water partition coefficient (Wildman–Crippen LogP) is 2.94. The highest BCUT2D eigenvalue weighted by Crippen LogP contribution is 2.36. The van der Waals surface area contributed by atoms with Gasteiger partial charge >= 0.3 is 6.03 Å². The van der Waals surface area contributed by atoms with Gasteiger partial charge in [-0.05, 0) is 38.0 Å². The summed E-state index contributed by atoms with van der Waals surface area (Å²) in [6.45, 7) is 6.93. The van der Waals surface area contributed by atoms with Crippen molar-refractivity contribution in [2.24, 2.45) is 0 Å². The molecule has 0 saturated carbocycles. The number of urea groups is 1. The van der Waals surface area contributed by atoms with Crippen LogP contribution in [0.2, 0.25) is 0 Å².